The van der Waals surface area contributed by atoms with Crippen molar-refractivity contribution in [3.8, 4) is 0 Å². The van der Waals surface area contributed by atoms with Crippen LogP contribution < -0.4 is 10.2 Å². The Morgan fingerprint density at radius 1 is 1.27 bits per heavy atom. The highest BCUT2D eigenvalue weighted by atomic mass is 79.9. The number of carbonyl (C=O) groups excluding carboxylic acids is 2. The van der Waals surface area contributed by atoms with Gasteiger partial charge in [0.05, 0.1) is 10.8 Å². The minimum atomic E-state index is -0.508. The van der Waals surface area contributed by atoms with E-state index < -0.39 is 10.8 Å². The summed E-state index contributed by atoms with van der Waals surface area (Å²) in [6, 6.07) is 11.8. The van der Waals surface area contributed by atoms with Crippen molar-refractivity contribution in [1.82, 2.24) is 0 Å². The molecule has 1 aliphatic heterocycles. The van der Waals surface area contributed by atoms with Crippen molar-refractivity contribution in [2.75, 3.05) is 16.8 Å². The molecule has 3 rings (SSSR count). The van der Waals surface area contributed by atoms with Crippen molar-refractivity contribution < 1.29 is 14.5 Å². The van der Waals surface area contributed by atoms with Crippen molar-refractivity contribution >= 4 is 44.8 Å². The lowest BCUT2D eigenvalue weighted by atomic mass is 10.1. The zero-order chi connectivity index (χ0) is 18.8. The molecule has 0 aliphatic carbocycles. The molecule has 1 saturated heterocycles. The lowest BCUT2D eigenvalue weighted by Crippen LogP contribution is -2.28. The normalized spacial score (nSPS) is 16.6. The molecule has 1 heterocycles. The molecule has 0 radical (unpaired) electrons. The quantitative estimate of drug-likeness (QED) is 0.606. The van der Waals surface area contributed by atoms with E-state index in [0.717, 1.165) is 10.2 Å². The average molecular weight is 418 g/mol. The number of rotatable bonds is 4. The summed E-state index contributed by atoms with van der Waals surface area (Å²) in [4.78, 5) is 36.9. The maximum absolute atomic E-state index is 12.5. The third-order valence-corrected chi connectivity index (χ3v) is 4.84. The minimum Gasteiger partial charge on any atom is -0.326 e. The molecule has 0 bridgehead atoms. The number of nitro groups is 1. The van der Waals surface area contributed by atoms with E-state index in [1.165, 1.54) is 6.07 Å². The largest absolute Gasteiger partial charge is 0.326 e. The van der Waals surface area contributed by atoms with Gasteiger partial charge in [0.25, 0.3) is 5.69 Å². The Bertz CT molecular complexity index is 883. The van der Waals surface area contributed by atoms with Gasteiger partial charge in [-0.2, -0.15) is 0 Å². The van der Waals surface area contributed by atoms with Gasteiger partial charge in [-0.3, -0.25) is 19.7 Å². The van der Waals surface area contributed by atoms with Crippen LogP contribution in [0.2, 0.25) is 0 Å². The molecule has 7 nitrogen and oxygen atoms in total. The molecule has 0 spiro atoms. The molecule has 0 saturated carbocycles. The number of nitrogens with one attached hydrogen (secondary N) is 1. The Hall–Kier alpha value is -2.74. The predicted octanol–water partition coefficient (Wildman–Crippen LogP) is 3.66. The van der Waals surface area contributed by atoms with Gasteiger partial charge in [0.1, 0.15) is 0 Å². The average Bonchev–Trinajstić information content (AvgIpc) is 2.99. The molecule has 2 aromatic rings. The standard InChI is InChI=1S/C18H16BrN3O4/c1-11-2-5-14(9-16(11)22(25)26)20-18(24)12-8-17(23)21(10-12)15-6-3-13(19)4-7-15/h2-7,9,12H,8,10H2,1H3,(H,20,24)/t12-/m1/s1. The molecule has 2 amide bonds. The van der Waals surface area contributed by atoms with Gasteiger partial charge < -0.3 is 10.2 Å². The molecule has 1 N–H and O–H groups in total. The zero-order valence-corrected chi connectivity index (χ0v) is 15.5. The highest BCUT2D eigenvalue weighted by molar-refractivity contribution is 9.10. The van der Waals surface area contributed by atoms with Crippen molar-refractivity contribution in [3.05, 3.63) is 62.6 Å². The molecule has 8 heteroatoms. The molecular formula is C18H16BrN3O4. The van der Waals surface area contributed by atoms with Gasteiger partial charge in [-0.15, -0.1) is 0 Å². The molecule has 134 valence electrons. The first-order valence-electron chi connectivity index (χ1n) is 7.97. The van der Waals surface area contributed by atoms with Gasteiger partial charge in [-0.25, -0.2) is 0 Å². The Morgan fingerprint density at radius 2 is 1.96 bits per heavy atom. The molecule has 2 aromatic carbocycles. The van der Waals surface area contributed by atoms with Crippen LogP contribution in [0.3, 0.4) is 0 Å². The first-order valence-corrected chi connectivity index (χ1v) is 8.76. The maximum Gasteiger partial charge on any atom is 0.274 e. The van der Waals surface area contributed by atoms with Gasteiger partial charge in [0.15, 0.2) is 0 Å². The lowest BCUT2D eigenvalue weighted by molar-refractivity contribution is -0.385. The van der Waals surface area contributed by atoms with Crippen molar-refractivity contribution in [2.24, 2.45) is 5.92 Å². The third-order valence-electron chi connectivity index (χ3n) is 4.31. The first kappa shape index (κ1) is 18.1. The van der Waals surface area contributed by atoms with Gasteiger partial charge in [-0.05, 0) is 37.3 Å². The third kappa shape index (κ3) is 3.75. The molecule has 0 unspecified atom stereocenters. The van der Waals surface area contributed by atoms with Crippen LogP contribution in [0.5, 0.6) is 0 Å². The number of carbonyl (C=O) groups is 2. The van der Waals surface area contributed by atoms with E-state index in [0.29, 0.717) is 11.3 Å². The van der Waals surface area contributed by atoms with Gasteiger partial charge in [0, 0.05) is 40.4 Å². The Labute approximate surface area is 158 Å². The molecule has 26 heavy (non-hydrogen) atoms. The Balaban J connectivity index is 1.71. The Kier molecular flexibility index (Phi) is 5.03. The van der Waals surface area contributed by atoms with E-state index >= 15 is 0 Å². The predicted molar refractivity (Wildman–Crippen MR) is 101 cm³/mol. The second-order valence-electron chi connectivity index (χ2n) is 6.13. The van der Waals surface area contributed by atoms with Crippen LogP contribution in [-0.4, -0.2) is 23.3 Å². The fraction of sp³-hybridized carbons (Fsp3) is 0.222. The van der Waals surface area contributed by atoms with Crippen LogP contribution in [-0.2, 0) is 9.59 Å². The second kappa shape index (κ2) is 7.25. The molecule has 1 aliphatic rings. The van der Waals surface area contributed by atoms with Crippen LogP contribution in [0.25, 0.3) is 0 Å². The number of aryl methyl sites for hydroxylation is 1. The van der Waals surface area contributed by atoms with Crippen molar-refractivity contribution in [3.63, 3.8) is 0 Å². The van der Waals surface area contributed by atoms with Crippen LogP contribution >= 0.6 is 15.9 Å². The van der Waals surface area contributed by atoms with E-state index in [1.54, 1.807) is 24.0 Å². The topological polar surface area (TPSA) is 92.6 Å². The van der Waals surface area contributed by atoms with E-state index in [2.05, 4.69) is 21.2 Å². The van der Waals surface area contributed by atoms with E-state index in [-0.39, 0.29) is 30.5 Å². The number of amides is 2. The van der Waals surface area contributed by atoms with Crippen LogP contribution in [0.1, 0.15) is 12.0 Å². The van der Waals surface area contributed by atoms with Gasteiger partial charge in [0.2, 0.25) is 11.8 Å². The monoisotopic (exact) mass is 417 g/mol. The number of nitrogens with zero attached hydrogens (tertiary/aromatic N) is 2. The number of halogens is 1. The summed E-state index contributed by atoms with van der Waals surface area (Å²) in [5.41, 5.74) is 1.55. The molecular weight excluding hydrogens is 402 g/mol. The Morgan fingerprint density at radius 3 is 2.62 bits per heavy atom. The van der Waals surface area contributed by atoms with E-state index in [1.807, 2.05) is 24.3 Å². The van der Waals surface area contributed by atoms with E-state index in [9.17, 15) is 19.7 Å². The minimum absolute atomic E-state index is 0.0539. The van der Waals surface area contributed by atoms with E-state index in [4.69, 9.17) is 0 Å². The summed E-state index contributed by atoms with van der Waals surface area (Å²) in [5.74, 6) is -0.954. The molecule has 1 fully saturated rings. The fourth-order valence-electron chi connectivity index (χ4n) is 2.88. The lowest BCUT2D eigenvalue weighted by Gasteiger charge is -2.16. The van der Waals surface area contributed by atoms with Crippen LogP contribution in [0.4, 0.5) is 17.1 Å². The summed E-state index contributed by atoms with van der Waals surface area (Å²) >= 11 is 3.35. The number of benzene rings is 2. The van der Waals surface area contributed by atoms with Crippen molar-refractivity contribution in [1.29, 1.82) is 0 Å². The summed E-state index contributed by atoms with van der Waals surface area (Å²) in [6.07, 6.45) is 0.107. The smallest absolute Gasteiger partial charge is 0.274 e. The first-order chi connectivity index (χ1) is 12.3. The van der Waals surface area contributed by atoms with Crippen LogP contribution in [0.15, 0.2) is 46.9 Å². The highest BCUT2D eigenvalue weighted by Crippen LogP contribution is 2.28. The van der Waals surface area contributed by atoms with Gasteiger partial charge in [-0.1, -0.05) is 22.0 Å². The van der Waals surface area contributed by atoms with Crippen LogP contribution in [0, 0.1) is 23.0 Å². The summed E-state index contributed by atoms with van der Waals surface area (Å²) in [6.45, 7) is 1.91. The summed E-state index contributed by atoms with van der Waals surface area (Å²) < 4.78 is 0.906. The molecule has 0 aromatic heterocycles. The van der Waals surface area contributed by atoms with Gasteiger partial charge >= 0.3 is 0 Å². The summed E-state index contributed by atoms with van der Waals surface area (Å²) in [7, 11) is 0. The zero-order valence-electron chi connectivity index (χ0n) is 13.9. The SMILES string of the molecule is Cc1ccc(NC(=O)[C@@H]2CC(=O)N(c3ccc(Br)cc3)C2)cc1[N+](=O)[O-]. The number of hydrogen-bond donors (Lipinski definition) is 1. The van der Waals surface area contributed by atoms with Crippen molar-refractivity contribution in [2.45, 2.75) is 13.3 Å². The fourth-order valence-corrected chi connectivity index (χ4v) is 3.15. The highest BCUT2D eigenvalue weighted by Gasteiger charge is 2.35. The number of hydrogen-bond acceptors (Lipinski definition) is 4. The second-order valence-corrected chi connectivity index (χ2v) is 7.05. The molecule has 1 atom stereocenters. The summed E-state index contributed by atoms with van der Waals surface area (Å²) in [5, 5.41) is 13.7. The maximum atomic E-state index is 12.5. The number of anilines is 2. The number of nitro benzene ring substituents is 1.